The summed E-state index contributed by atoms with van der Waals surface area (Å²) in [5.41, 5.74) is -0.165. The van der Waals surface area contributed by atoms with E-state index in [0.29, 0.717) is 34.2 Å². The molecule has 0 fully saturated rings. The molecule has 0 spiro atoms. The van der Waals surface area contributed by atoms with Gasteiger partial charge in [-0.2, -0.15) is 31.6 Å². The van der Waals surface area contributed by atoms with Crippen LogP contribution in [0.5, 0.6) is 0 Å². The van der Waals surface area contributed by atoms with Crippen LogP contribution in [0.15, 0.2) is 115 Å². The molecular formula is C41H25F6N3. The summed E-state index contributed by atoms with van der Waals surface area (Å²) in [7, 11) is 0. The van der Waals surface area contributed by atoms with Crippen LogP contribution in [-0.4, -0.2) is 9.13 Å². The number of aromatic nitrogens is 2. The Balaban J connectivity index is 1.69. The van der Waals surface area contributed by atoms with Crippen LogP contribution in [0.2, 0.25) is 0 Å². The van der Waals surface area contributed by atoms with Gasteiger partial charge in [0.05, 0.1) is 56.2 Å². The molecule has 0 atom stereocenters. The lowest BCUT2D eigenvalue weighted by Crippen LogP contribution is -2.16. The first-order valence-corrected chi connectivity index (χ1v) is 15.7. The van der Waals surface area contributed by atoms with Crippen LogP contribution in [0.4, 0.5) is 26.3 Å². The highest BCUT2D eigenvalue weighted by Crippen LogP contribution is 2.50. The van der Waals surface area contributed by atoms with Gasteiger partial charge in [-0.05, 0) is 73.5 Å². The van der Waals surface area contributed by atoms with Crippen LogP contribution in [0.1, 0.15) is 27.8 Å². The molecule has 3 nitrogen and oxygen atoms in total. The van der Waals surface area contributed by atoms with Gasteiger partial charge in [-0.3, -0.25) is 0 Å². The maximum absolute atomic E-state index is 15.1. The second-order valence-electron chi connectivity index (χ2n) is 12.5. The third kappa shape index (κ3) is 4.74. The number of fused-ring (bicyclic) bond motifs is 6. The highest BCUT2D eigenvalue weighted by atomic mass is 19.4. The molecule has 0 saturated heterocycles. The summed E-state index contributed by atoms with van der Waals surface area (Å²) in [4.78, 5) is 0. The Morgan fingerprint density at radius 1 is 0.480 bits per heavy atom. The van der Waals surface area contributed by atoms with Crippen molar-refractivity contribution in [1.29, 1.82) is 5.26 Å². The van der Waals surface area contributed by atoms with Gasteiger partial charge < -0.3 is 9.13 Å². The van der Waals surface area contributed by atoms with Gasteiger partial charge in [0.2, 0.25) is 0 Å². The predicted octanol–water partition coefficient (Wildman–Crippen LogP) is 12.1. The number of alkyl halides is 6. The Morgan fingerprint density at radius 2 is 0.900 bits per heavy atom. The number of nitriles is 1. The summed E-state index contributed by atoms with van der Waals surface area (Å²) in [5, 5.41) is 13.4. The third-order valence-electron chi connectivity index (χ3n) is 9.29. The topological polar surface area (TPSA) is 33.6 Å². The number of hydrogen-bond acceptors (Lipinski definition) is 1. The maximum Gasteiger partial charge on any atom is 0.417 e. The molecule has 8 rings (SSSR count). The Kier molecular flexibility index (Phi) is 6.88. The summed E-state index contributed by atoms with van der Waals surface area (Å²) in [6, 6.07) is 32.8. The SMILES string of the molecule is Cc1ccc2c3ccccc3n(-c3cc(C#N)cc(-n4c5ccccc5c5ccc(C)cc54)c3-c3c(C(F)(F)F)cccc3C(F)(F)F)c2c1. The van der Waals surface area contributed by atoms with Crippen molar-refractivity contribution in [2.75, 3.05) is 0 Å². The molecule has 0 amide bonds. The molecule has 9 heteroatoms. The quantitative estimate of drug-likeness (QED) is 0.172. The number of halogens is 6. The lowest BCUT2D eigenvalue weighted by Gasteiger charge is -2.25. The standard InChI is InChI=1S/C41H25F6N3/c1-23-14-16-28-26-8-3-5-12-32(26)49(34(28)18-23)36-20-25(22-48)21-37(39(36)38-30(40(42,43)44)10-7-11-31(38)41(45,46)47)50-33-13-6-4-9-27(33)29-17-15-24(2)19-35(29)50/h3-21H,1-2H3. The Labute approximate surface area is 281 Å². The molecule has 0 saturated carbocycles. The first kappa shape index (κ1) is 31.3. The zero-order chi connectivity index (χ0) is 35.1. The number of para-hydroxylation sites is 2. The lowest BCUT2D eigenvalue weighted by atomic mass is 9.89. The molecule has 8 aromatic rings. The van der Waals surface area contributed by atoms with Crippen LogP contribution < -0.4 is 0 Å². The van der Waals surface area contributed by atoms with E-state index in [4.69, 9.17) is 0 Å². The summed E-state index contributed by atoms with van der Waals surface area (Å²) in [6.07, 6.45) is -10.3. The van der Waals surface area contributed by atoms with Crippen LogP contribution >= 0.6 is 0 Å². The fraction of sp³-hybridized carbons (Fsp3) is 0.0976. The van der Waals surface area contributed by atoms with E-state index in [2.05, 4.69) is 6.07 Å². The number of rotatable bonds is 3. The second-order valence-corrected chi connectivity index (χ2v) is 12.5. The minimum atomic E-state index is -5.16. The first-order chi connectivity index (χ1) is 23.9. The van der Waals surface area contributed by atoms with Crippen molar-refractivity contribution in [2.45, 2.75) is 26.2 Å². The van der Waals surface area contributed by atoms with Crippen molar-refractivity contribution in [3.05, 3.63) is 143 Å². The van der Waals surface area contributed by atoms with Crippen molar-refractivity contribution in [3.8, 4) is 28.6 Å². The maximum atomic E-state index is 15.1. The average Bonchev–Trinajstić information content (AvgIpc) is 3.58. The molecule has 246 valence electrons. The summed E-state index contributed by atoms with van der Waals surface area (Å²) in [6.45, 7) is 3.72. The molecular weight excluding hydrogens is 648 g/mol. The number of hydrogen-bond donors (Lipinski definition) is 0. The van der Waals surface area contributed by atoms with Gasteiger partial charge in [-0.1, -0.05) is 66.7 Å². The monoisotopic (exact) mass is 673 g/mol. The largest absolute Gasteiger partial charge is 0.417 e. The second kappa shape index (κ2) is 11.0. The molecule has 2 aromatic heterocycles. The first-order valence-electron chi connectivity index (χ1n) is 15.7. The van der Waals surface area contributed by atoms with E-state index in [1.807, 2.05) is 74.5 Å². The van der Waals surface area contributed by atoms with Crippen LogP contribution in [0.3, 0.4) is 0 Å². The Hall–Kier alpha value is -6.01. The number of aryl methyl sites for hydroxylation is 2. The number of benzene rings is 6. The molecule has 0 bridgehead atoms. The van der Waals surface area contributed by atoms with Gasteiger partial charge in [0, 0.05) is 32.7 Å². The van der Waals surface area contributed by atoms with Gasteiger partial charge in [0.1, 0.15) is 0 Å². The van der Waals surface area contributed by atoms with Gasteiger partial charge >= 0.3 is 12.4 Å². The van der Waals surface area contributed by atoms with Crippen molar-refractivity contribution in [2.24, 2.45) is 0 Å². The molecule has 0 radical (unpaired) electrons. The zero-order valence-corrected chi connectivity index (χ0v) is 26.6. The molecule has 50 heavy (non-hydrogen) atoms. The van der Waals surface area contributed by atoms with Crippen LogP contribution in [0.25, 0.3) is 66.1 Å². The van der Waals surface area contributed by atoms with Crippen LogP contribution in [-0.2, 0) is 12.4 Å². The minimum Gasteiger partial charge on any atom is -0.308 e. The molecule has 0 unspecified atom stereocenters. The van der Waals surface area contributed by atoms with Crippen molar-refractivity contribution < 1.29 is 26.3 Å². The highest BCUT2D eigenvalue weighted by Gasteiger charge is 2.43. The van der Waals surface area contributed by atoms with E-state index in [-0.39, 0.29) is 22.5 Å². The fourth-order valence-corrected chi connectivity index (χ4v) is 7.26. The third-order valence-corrected chi connectivity index (χ3v) is 9.29. The normalized spacial score (nSPS) is 12.4. The van der Waals surface area contributed by atoms with Crippen molar-refractivity contribution in [1.82, 2.24) is 9.13 Å². The molecule has 0 aliphatic rings. The van der Waals surface area contributed by atoms with Gasteiger partial charge in [0.15, 0.2) is 0 Å². The Morgan fingerprint density at radius 3 is 1.32 bits per heavy atom. The van der Waals surface area contributed by atoms with Gasteiger partial charge in [-0.25, -0.2) is 0 Å². The Bertz CT molecular complexity index is 2550. The van der Waals surface area contributed by atoms with Gasteiger partial charge in [-0.15, -0.1) is 0 Å². The fourth-order valence-electron chi connectivity index (χ4n) is 7.26. The van der Waals surface area contributed by atoms with Crippen molar-refractivity contribution in [3.63, 3.8) is 0 Å². The van der Waals surface area contributed by atoms with E-state index >= 15 is 26.3 Å². The molecule has 0 N–H and O–H groups in total. The minimum absolute atomic E-state index is 0.0108. The van der Waals surface area contributed by atoms with Gasteiger partial charge in [0.25, 0.3) is 0 Å². The van der Waals surface area contributed by atoms with E-state index in [0.717, 1.165) is 38.7 Å². The number of nitrogens with zero attached hydrogens (tertiary/aromatic N) is 3. The van der Waals surface area contributed by atoms with E-state index in [1.54, 1.807) is 33.4 Å². The van der Waals surface area contributed by atoms with E-state index in [9.17, 15) is 5.26 Å². The molecule has 2 heterocycles. The lowest BCUT2D eigenvalue weighted by molar-refractivity contribution is -0.142. The summed E-state index contributed by atoms with van der Waals surface area (Å²) >= 11 is 0. The average molecular weight is 674 g/mol. The molecule has 0 aliphatic carbocycles. The zero-order valence-electron chi connectivity index (χ0n) is 26.6. The smallest absolute Gasteiger partial charge is 0.308 e. The van der Waals surface area contributed by atoms with E-state index in [1.165, 1.54) is 12.1 Å². The van der Waals surface area contributed by atoms with Crippen molar-refractivity contribution >= 4 is 43.6 Å². The molecule has 0 aliphatic heterocycles. The van der Waals surface area contributed by atoms with Crippen LogP contribution in [0, 0.1) is 25.2 Å². The summed E-state index contributed by atoms with van der Waals surface area (Å²) in [5.74, 6) is 0. The van der Waals surface area contributed by atoms with E-state index < -0.39 is 29.0 Å². The summed E-state index contributed by atoms with van der Waals surface area (Å²) < 4.78 is 93.9. The molecule has 6 aromatic carbocycles. The predicted molar refractivity (Wildman–Crippen MR) is 185 cm³/mol. The highest BCUT2D eigenvalue weighted by molar-refractivity contribution is 6.12.